The van der Waals surface area contributed by atoms with Crippen molar-refractivity contribution in [2.45, 2.75) is 33.1 Å². The van der Waals surface area contributed by atoms with Gasteiger partial charge in [0.2, 0.25) is 0 Å². The van der Waals surface area contributed by atoms with Gasteiger partial charge in [0.15, 0.2) is 0 Å². The molecular weight excluding hydrogens is 178 g/mol. The summed E-state index contributed by atoms with van der Waals surface area (Å²) in [7, 11) is 0. The summed E-state index contributed by atoms with van der Waals surface area (Å²) in [6.45, 7) is 6.87. The number of likely N-dealkylation sites (tertiary alicyclic amines) is 1. The van der Waals surface area contributed by atoms with Crippen LogP contribution in [0.4, 0.5) is 0 Å². The second-order valence-electron chi connectivity index (χ2n) is 4.55. The van der Waals surface area contributed by atoms with Crippen LogP contribution in [0.15, 0.2) is 0 Å². The zero-order chi connectivity index (χ0) is 10.6. The number of carboxylic acid groups (broad SMARTS) is 1. The molecule has 0 aliphatic carbocycles. The molecule has 0 spiro atoms. The molecule has 0 amide bonds. The Kier molecular flexibility index (Phi) is 4.39. The van der Waals surface area contributed by atoms with Crippen LogP contribution < -0.4 is 0 Å². The average Bonchev–Trinajstić information content (AvgIpc) is 2.15. The van der Waals surface area contributed by atoms with Gasteiger partial charge in [0.25, 0.3) is 0 Å². The zero-order valence-corrected chi connectivity index (χ0v) is 9.20. The van der Waals surface area contributed by atoms with Gasteiger partial charge in [-0.25, -0.2) is 0 Å². The summed E-state index contributed by atoms with van der Waals surface area (Å²) < 4.78 is 0. The second kappa shape index (κ2) is 5.35. The molecule has 0 bridgehead atoms. The minimum absolute atomic E-state index is 0.201. The van der Waals surface area contributed by atoms with Crippen molar-refractivity contribution < 1.29 is 9.90 Å². The molecule has 14 heavy (non-hydrogen) atoms. The number of hydrogen-bond donors (Lipinski definition) is 1. The topological polar surface area (TPSA) is 40.5 Å². The van der Waals surface area contributed by atoms with Crippen LogP contribution in [0.2, 0.25) is 0 Å². The minimum atomic E-state index is -0.648. The van der Waals surface area contributed by atoms with Gasteiger partial charge in [0.1, 0.15) is 0 Å². The second-order valence-corrected chi connectivity index (χ2v) is 4.55. The van der Waals surface area contributed by atoms with E-state index in [9.17, 15) is 4.79 Å². The van der Waals surface area contributed by atoms with Crippen LogP contribution in [0.5, 0.6) is 0 Å². The van der Waals surface area contributed by atoms with E-state index in [1.165, 1.54) is 19.3 Å². The molecule has 1 aliphatic rings. The van der Waals surface area contributed by atoms with Gasteiger partial charge in [0, 0.05) is 6.54 Å². The van der Waals surface area contributed by atoms with Crippen molar-refractivity contribution in [3.8, 4) is 0 Å². The summed E-state index contributed by atoms with van der Waals surface area (Å²) in [5, 5.41) is 9.05. The van der Waals surface area contributed by atoms with Crippen LogP contribution in [0.25, 0.3) is 0 Å². The quantitative estimate of drug-likeness (QED) is 0.751. The first-order valence-electron chi connectivity index (χ1n) is 5.56. The number of aliphatic carboxylic acids is 1. The Bertz CT molecular complexity index is 186. The third kappa shape index (κ3) is 3.29. The summed E-state index contributed by atoms with van der Waals surface area (Å²) >= 11 is 0. The molecule has 3 nitrogen and oxygen atoms in total. The normalized spacial score (nSPS) is 21.1. The SMILES string of the molecule is CC(C)C(CN1CCCCC1)C(=O)O. The maximum absolute atomic E-state index is 11.0. The summed E-state index contributed by atoms with van der Waals surface area (Å²) in [5.74, 6) is -0.618. The number of rotatable bonds is 4. The molecule has 1 saturated heterocycles. The van der Waals surface area contributed by atoms with E-state index >= 15 is 0 Å². The maximum atomic E-state index is 11.0. The van der Waals surface area contributed by atoms with Crippen molar-refractivity contribution in [3.63, 3.8) is 0 Å². The molecule has 1 N–H and O–H groups in total. The highest BCUT2D eigenvalue weighted by Crippen LogP contribution is 2.16. The van der Waals surface area contributed by atoms with E-state index in [1.807, 2.05) is 13.8 Å². The summed E-state index contributed by atoms with van der Waals surface area (Å²) in [6.07, 6.45) is 3.75. The van der Waals surface area contributed by atoms with Gasteiger partial charge in [-0.15, -0.1) is 0 Å². The van der Waals surface area contributed by atoms with Crippen LogP contribution in [-0.2, 0) is 4.79 Å². The van der Waals surface area contributed by atoms with Crippen molar-refractivity contribution in [2.24, 2.45) is 11.8 Å². The van der Waals surface area contributed by atoms with Crippen molar-refractivity contribution in [1.82, 2.24) is 4.90 Å². The highest BCUT2D eigenvalue weighted by atomic mass is 16.4. The molecule has 0 aromatic carbocycles. The van der Waals surface area contributed by atoms with Crippen LogP contribution >= 0.6 is 0 Å². The number of carboxylic acids is 1. The van der Waals surface area contributed by atoms with Gasteiger partial charge in [-0.05, 0) is 31.8 Å². The molecule has 1 aliphatic heterocycles. The fraction of sp³-hybridized carbons (Fsp3) is 0.909. The zero-order valence-electron chi connectivity index (χ0n) is 9.20. The molecule has 1 fully saturated rings. The van der Waals surface area contributed by atoms with Crippen LogP contribution in [0.1, 0.15) is 33.1 Å². The Balaban J connectivity index is 2.41. The molecule has 1 heterocycles. The summed E-state index contributed by atoms with van der Waals surface area (Å²) in [5.41, 5.74) is 0. The van der Waals surface area contributed by atoms with Crippen molar-refractivity contribution in [1.29, 1.82) is 0 Å². The fourth-order valence-corrected chi connectivity index (χ4v) is 1.99. The van der Waals surface area contributed by atoms with E-state index in [0.29, 0.717) is 0 Å². The molecule has 1 atom stereocenters. The van der Waals surface area contributed by atoms with Crippen molar-refractivity contribution >= 4 is 5.97 Å². The Morgan fingerprint density at radius 3 is 2.29 bits per heavy atom. The molecule has 82 valence electrons. The lowest BCUT2D eigenvalue weighted by Gasteiger charge is -2.30. The third-order valence-electron chi connectivity index (χ3n) is 3.03. The van der Waals surface area contributed by atoms with Crippen molar-refractivity contribution in [3.05, 3.63) is 0 Å². The number of nitrogens with zero attached hydrogens (tertiary/aromatic N) is 1. The minimum Gasteiger partial charge on any atom is -0.481 e. The molecular formula is C11H21NO2. The van der Waals surface area contributed by atoms with E-state index in [2.05, 4.69) is 4.90 Å². The lowest BCUT2D eigenvalue weighted by Crippen LogP contribution is -2.38. The van der Waals surface area contributed by atoms with E-state index in [4.69, 9.17) is 5.11 Å². The molecule has 0 aromatic heterocycles. The molecule has 3 heteroatoms. The van der Waals surface area contributed by atoms with Gasteiger partial charge in [-0.2, -0.15) is 0 Å². The summed E-state index contributed by atoms with van der Waals surface area (Å²) in [4.78, 5) is 13.3. The largest absolute Gasteiger partial charge is 0.481 e. The maximum Gasteiger partial charge on any atom is 0.308 e. The number of carbonyl (C=O) groups is 1. The third-order valence-corrected chi connectivity index (χ3v) is 3.03. The van der Waals surface area contributed by atoms with Gasteiger partial charge in [-0.1, -0.05) is 20.3 Å². The van der Waals surface area contributed by atoms with Crippen LogP contribution in [0.3, 0.4) is 0 Å². The van der Waals surface area contributed by atoms with Gasteiger partial charge in [-0.3, -0.25) is 4.79 Å². The smallest absolute Gasteiger partial charge is 0.308 e. The number of piperidine rings is 1. The predicted molar refractivity (Wildman–Crippen MR) is 56.3 cm³/mol. The molecule has 0 aromatic rings. The lowest BCUT2D eigenvalue weighted by molar-refractivity contribution is -0.144. The Morgan fingerprint density at radius 1 is 1.29 bits per heavy atom. The molecule has 0 radical (unpaired) electrons. The predicted octanol–water partition coefficient (Wildman–Crippen LogP) is 1.83. The first-order valence-corrected chi connectivity index (χ1v) is 5.56. The van der Waals surface area contributed by atoms with Gasteiger partial charge in [0.05, 0.1) is 5.92 Å². The van der Waals surface area contributed by atoms with E-state index < -0.39 is 5.97 Å². The standard InChI is InChI=1S/C11H21NO2/c1-9(2)10(11(13)14)8-12-6-4-3-5-7-12/h9-10H,3-8H2,1-2H3,(H,13,14). The molecule has 1 unspecified atom stereocenters. The monoisotopic (exact) mass is 199 g/mol. The van der Waals surface area contributed by atoms with E-state index in [1.54, 1.807) is 0 Å². The fourth-order valence-electron chi connectivity index (χ4n) is 1.99. The highest BCUT2D eigenvalue weighted by Gasteiger charge is 2.24. The Hall–Kier alpha value is -0.570. The first kappa shape index (κ1) is 11.5. The highest BCUT2D eigenvalue weighted by molar-refractivity contribution is 5.70. The summed E-state index contributed by atoms with van der Waals surface area (Å²) in [6, 6.07) is 0. The number of hydrogen-bond acceptors (Lipinski definition) is 2. The van der Waals surface area contributed by atoms with E-state index in [-0.39, 0.29) is 11.8 Å². The van der Waals surface area contributed by atoms with Crippen LogP contribution in [0, 0.1) is 11.8 Å². The Labute approximate surface area is 86.1 Å². The lowest BCUT2D eigenvalue weighted by atomic mass is 9.94. The first-order chi connectivity index (χ1) is 6.61. The average molecular weight is 199 g/mol. The van der Waals surface area contributed by atoms with Crippen LogP contribution in [-0.4, -0.2) is 35.6 Å². The molecule has 0 saturated carbocycles. The molecule has 1 rings (SSSR count). The van der Waals surface area contributed by atoms with Gasteiger partial charge < -0.3 is 10.0 Å². The van der Waals surface area contributed by atoms with Crippen molar-refractivity contribution in [2.75, 3.05) is 19.6 Å². The Morgan fingerprint density at radius 2 is 1.86 bits per heavy atom. The van der Waals surface area contributed by atoms with Gasteiger partial charge >= 0.3 is 5.97 Å². The van der Waals surface area contributed by atoms with E-state index in [0.717, 1.165) is 19.6 Å².